The SMILES string of the molecule is Cc1ccccc1CC(CBr)Cc1c(Cl)c(C)nn1C. The zero-order valence-electron chi connectivity index (χ0n) is 12.2. The minimum atomic E-state index is 0.517. The van der Waals surface area contributed by atoms with Crippen molar-refractivity contribution in [3.63, 3.8) is 0 Å². The molecule has 2 nitrogen and oxygen atoms in total. The molecule has 0 aliphatic heterocycles. The van der Waals surface area contributed by atoms with E-state index in [0.717, 1.165) is 34.6 Å². The fraction of sp³-hybridized carbons (Fsp3) is 0.438. The zero-order chi connectivity index (χ0) is 14.7. The van der Waals surface area contributed by atoms with Crippen molar-refractivity contribution in [3.05, 3.63) is 51.8 Å². The minimum absolute atomic E-state index is 0.517. The molecule has 1 unspecified atom stereocenters. The van der Waals surface area contributed by atoms with Crippen molar-refractivity contribution >= 4 is 27.5 Å². The van der Waals surface area contributed by atoms with Gasteiger partial charge in [-0.3, -0.25) is 4.68 Å². The number of halogens is 2. The normalized spacial score (nSPS) is 12.7. The average Bonchev–Trinajstić information content (AvgIpc) is 2.66. The Morgan fingerprint density at radius 1 is 1.25 bits per heavy atom. The maximum atomic E-state index is 6.35. The highest BCUT2D eigenvalue weighted by Crippen LogP contribution is 2.25. The first-order valence-electron chi connectivity index (χ1n) is 6.81. The van der Waals surface area contributed by atoms with Crippen LogP contribution in [0.5, 0.6) is 0 Å². The largest absolute Gasteiger partial charge is 0.271 e. The number of hydrogen-bond donors (Lipinski definition) is 0. The number of aromatic nitrogens is 2. The molecule has 0 aliphatic rings. The van der Waals surface area contributed by atoms with E-state index in [9.17, 15) is 0 Å². The number of aryl methyl sites for hydroxylation is 3. The lowest BCUT2D eigenvalue weighted by Gasteiger charge is -2.16. The van der Waals surface area contributed by atoms with Gasteiger partial charge in [0, 0.05) is 12.4 Å². The minimum Gasteiger partial charge on any atom is -0.271 e. The van der Waals surface area contributed by atoms with Crippen molar-refractivity contribution in [2.75, 3.05) is 5.33 Å². The Kier molecular flexibility index (Phi) is 5.28. The summed E-state index contributed by atoms with van der Waals surface area (Å²) in [5, 5.41) is 6.16. The molecule has 1 aromatic heterocycles. The molecule has 2 rings (SSSR count). The Labute approximate surface area is 134 Å². The second-order valence-electron chi connectivity index (χ2n) is 5.32. The van der Waals surface area contributed by atoms with E-state index in [4.69, 9.17) is 11.6 Å². The summed E-state index contributed by atoms with van der Waals surface area (Å²) < 4.78 is 1.91. The third-order valence-electron chi connectivity index (χ3n) is 3.73. The summed E-state index contributed by atoms with van der Waals surface area (Å²) in [5.41, 5.74) is 4.80. The molecule has 0 N–H and O–H groups in total. The predicted octanol–water partition coefficient (Wildman–Crippen LogP) is 4.49. The first kappa shape index (κ1) is 15.6. The van der Waals surface area contributed by atoms with Gasteiger partial charge in [-0.15, -0.1) is 0 Å². The van der Waals surface area contributed by atoms with Gasteiger partial charge in [0.2, 0.25) is 0 Å². The van der Waals surface area contributed by atoms with Crippen molar-refractivity contribution in [1.82, 2.24) is 9.78 Å². The van der Waals surface area contributed by atoms with Gasteiger partial charge in [0.25, 0.3) is 0 Å². The third kappa shape index (κ3) is 3.44. The maximum absolute atomic E-state index is 6.35. The lowest BCUT2D eigenvalue weighted by atomic mass is 9.94. The van der Waals surface area contributed by atoms with E-state index >= 15 is 0 Å². The standard InChI is InChI=1S/C16H20BrClN2/c1-11-6-4-5-7-14(11)8-13(10-17)9-15-16(18)12(2)19-20(15)3/h4-7,13H,8-10H2,1-3H3. The fourth-order valence-corrected chi connectivity index (χ4v) is 3.20. The van der Waals surface area contributed by atoms with Crippen molar-refractivity contribution in [1.29, 1.82) is 0 Å². The molecule has 0 saturated heterocycles. The van der Waals surface area contributed by atoms with Crippen LogP contribution >= 0.6 is 27.5 Å². The molecule has 0 saturated carbocycles. The van der Waals surface area contributed by atoms with Gasteiger partial charge in [-0.1, -0.05) is 51.8 Å². The Morgan fingerprint density at radius 2 is 1.95 bits per heavy atom. The van der Waals surface area contributed by atoms with Gasteiger partial charge in [0.05, 0.1) is 16.4 Å². The fourth-order valence-electron chi connectivity index (χ4n) is 2.51. The molecule has 1 atom stereocenters. The molecule has 0 bridgehead atoms. The summed E-state index contributed by atoms with van der Waals surface area (Å²) in [5.74, 6) is 0.517. The molecule has 4 heteroatoms. The van der Waals surface area contributed by atoms with Crippen LogP contribution in [0, 0.1) is 19.8 Å². The number of hydrogen-bond acceptors (Lipinski definition) is 1. The van der Waals surface area contributed by atoms with E-state index in [2.05, 4.69) is 52.2 Å². The van der Waals surface area contributed by atoms with Crippen LogP contribution in [0.3, 0.4) is 0 Å². The van der Waals surface area contributed by atoms with Crippen molar-refractivity contribution in [2.24, 2.45) is 13.0 Å². The van der Waals surface area contributed by atoms with Gasteiger partial charge in [0.15, 0.2) is 0 Å². The van der Waals surface area contributed by atoms with Gasteiger partial charge < -0.3 is 0 Å². The summed E-state index contributed by atoms with van der Waals surface area (Å²) in [6, 6.07) is 8.57. The lowest BCUT2D eigenvalue weighted by molar-refractivity contribution is 0.556. The first-order chi connectivity index (χ1) is 9.52. The quantitative estimate of drug-likeness (QED) is 0.723. The van der Waals surface area contributed by atoms with Gasteiger partial charge in [-0.25, -0.2) is 0 Å². The molecular weight excluding hydrogens is 336 g/mol. The number of benzene rings is 1. The van der Waals surface area contributed by atoms with E-state index in [1.165, 1.54) is 11.1 Å². The summed E-state index contributed by atoms with van der Waals surface area (Å²) in [4.78, 5) is 0. The molecule has 0 amide bonds. The molecule has 1 aromatic carbocycles. The summed E-state index contributed by atoms with van der Waals surface area (Å²) in [6.45, 7) is 4.12. The molecule has 1 heterocycles. The van der Waals surface area contributed by atoms with Crippen molar-refractivity contribution in [2.45, 2.75) is 26.7 Å². The molecule has 0 fully saturated rings. The number of rotatable bonds is 5. The van der Waals surface area contributed by atoms with Gasteiger partial charge >= 0.3 is 0 Å². The number of nitrogens with zero attached hydrogens (tertiary/aromatic N) is 2. The highest BCUT2D eigenvalue weighted by atomic mass is 79.9. The van der Waals surface area contributed by atoms with E-state index < -0.39 is 0 Å². The molecule has 0 spiro atoms. The van der Waals surface area contributed by atoms with Crippen LogP contribution in [-0.2, 0) is 19.9 Å². The van der Waals surface area contributed by atoms with Crippen LogP contribution in [-0.4, -0.2) is 15.1 Å². The Bertz CT molecular complexity index is 592. The molecule has 2 aromatic rings. The molecule has 108 valence electrons. The second-order valence-corrected chi connectivity index (χ2v) is 6.35. The van der Waals surface area contributed by atoms with Crippen molar-refractivity contribution < 1.29 is 0 Å². The first-order valence-corrected chi connectivity index (χ1v) is 8.31. The van der Waals surface area contributed by atoms with Crippen LogP contribution in [0.15, 0.2) is 24.3 Å². The van der Waals surface area contributed by atoms with Crippen LogP contribution in [0.4, 0.5) is 0 Å². The summed E-state index contributed by atoms with van der Waals surface area (Å²) in [6.07, 6.45) is 1.99. The van der Waals surface area contributed by atoms with E-state index in [1.807, 2.05) is 18.7 Å². The lowest BCUT2D eigenvalue weighted by Crippen LogP contribution is -2.13. The Balaban J connectivity index is 2.15. The number of alkyl halides is 1. The molecule has 0 aliphatic carbocycles. The monoisotopic (exact) mass is 354 g/mol. The van der Waals surface area contributed by atoms with Crippen LogP contribution in [0.1, 0.15) is 22.5 Å². The molecular formula is C16H20BrClN2. The molecule has 0 radical (unpaired) electrons. The predicted molar refractivity (Wildman–Crippen MR) is 88.8 cm³/mol. The highest BCUT2D eigenvalue weighted by molar-refractivity contribution is 9.09. The van der Waals surface area contributed by atoms with Gasteiger partial charge in [0.1, 0.15) is 0 Å². The highest BCUT2D eigenvalue weighted by Gasteiger charge is 2.17. The summed E-state index contributed by atoms with van der Waals surface area (Å²) in [7, 11) is 1.97. The third-order valence-corrected chi connectivity index (χ3v) is 5.14. The van der Waals surface area contributed by atoms with Crippen LogP contribution < -0.4 is 0 Å². The van der Waals surface area contributed by atoms with E-state index in [0.29, 0.717) is 5.92 Å². The second kappa shape index (κ2) is 6.77. The Hall–Kier alpha value is -0.800. The van der Waals surface area contributed by atoms with Gasteiger partial charge in [-0.05, 0) is 43.7 Å². The Morgan fingerprint density at radius 3 is 2.50 bits per heavy atom. The van der Waals surface area contributed by atoms with Crippen molar-refractivity contribution in [3.8, 4) is 0 Å². The molecule has 20 heavy (non-hydrogen) atoms. The van der Waals surface area contributed by atoms with E-state index in [-0.39, 0.29) is 0 Å². The average molecular weight is 356 g/mol. The van der Waals surface area contributed by atoms with E-state index in [1.54, 1.807) is 0 Å². The topological polar surface area (TPSA) is 17.8 Å². The van der Waals surface area contributed by atoms with Crippen LogP contribution in [0.25, 0.3) is 0 Å². The van der Waals surface area contributed by atoms with Gasteiger partial charge in [-0.2, -0.15) is 5.10 Å². The maximum Gasteiger partial charge on any atom is 0.0847 e. The van der Waals surface area contributed by atoms with Crippen LogP contribution in [0.2, 0.25) is 5.02 Å². The smallest absolute Gasteiger partial charge is 0.0847 e. The summed E-state index contributed by atoms with van der Waals surface area (Å²) >= 11 is 9.99. The zero-order valence-corrected chi connectivity index (χ0v) is 14.5.